The van der Waals surface area contributed by atoms with Crippen molar-refractivity contribution in [1.82, 2.24) is 25.1 Å². The molecule has 2 heterocycles. The normalized spacial score (nSPS) is 15.1. The van der Waals surface area contributed by atoms with Crippen LogP contribution in [0.4, 0.5) is 4.39 Å². The summed E-state index contributed by atoms with van der Waals surface area (Å²) in [4.78, 5) is 14.8. The molecule has 1 aliphatic rings. The molecule has 4 rings (SSSR count). The van der Waals surface area contributed by atoms with Crippen molar-refractivity contribution in [2.24, 2.45) is 0 Å². The molecule has 162 valence electrons. The van der Waals surface area contributed by atoms with Gasteiger partial charge in [-0.05, 0) is 42.7 Å². The number of likely N-dealkylation sites (tertiary alicyclic amines) is 1. The van der Waals surface area contributed by atoms with E-state index in [1.165, 1.54) is 34.1 Å². The average molecular weight is 441 g/mol. The summed E-state index contributed by atoms with van der Waals surface area (Å²) in [7, 11) is 0. The maximum atomic E-state index is 13.1. The van der Waals surface area contributed by atoms with Gasteiger partial charge < -0.3 is 11.2 Å². The van der Waals surface area contributed by atoms with Gasteiger partial charge in [0.2, 0.25) is 11.1 Å². The average Bonchev–Trinajstić information content (AvgIpc) is 3.15. The van der Waals surface area contributed by atoms with Crippen molar-refractivity contribution in [2.45, 2.75) is 30.6 Å². The van der Waals surface area contributed by atoms with E-state index in [1.807, 2.05) is 6.07 Å². The zero-order valence-corrected chi connectivity index (χ0v) is 17.9. The molecule has 1 aliphatic heterocycles. The summed E-state index contributed by atoms with van der Waals surface area (Å²) < 4.78 is 14.4. The number of halogens is 1. The highest BCUT2D eigenvalue weighted by atomic mass is 32.2. The first-order valence-electron chi connectivity index (χ1n) is 10.2. The zero-order chi connectivity index (χ0) is 21.6. The molecular formula is C22H25FN6OS. The molecule has 0 atom stereocenters. The number of nitrogens with zero attached hydrogens (tertiary/aromatic N) is 4. The lowest BCUT2D eigenvalue weighted by Crippen LogP contribution is -2.44. The third-order valence-corrected chi connectivity index (χ3v) is 6.24. The molecule has 0 spiro atoms. The molecule has 3 aromatic rings. The van der Waals surface area contributed by atoms with Gasteiger partial charge in [0.15, 0.2) is 5.82 Å². The molecule has 0 unspecified atom stereocenters. The molecule has 0 aliphatic carbocycles. The van der Waals surface area contributed by atoms with E-state index in [9.17, 15) is 9.18 Å². The Balaban J connectivity index is 1.23. The number of nitrogen functional groups attached to an aromatic ring is 1. The lowest BCUT2D eigenvalue weighted by molar-refractivity contribution is -0.119. The van der Waals surface area contributed by atoms with Crippen LogP contribution in [0.1, 0.15) is 18.4 Å². The largest absolute Gasteiger partial charge is 0.353 e. The highest BCUT2D eigenvalue weighted by Gasteiger charge is 2.21. The predicted octanol–water partition coefficient (Wildman–Crippen LogP) is 2.67. The molecule has 0 radical (unpaired) electrons. The number of benzene rings is 2. The molecule has 1 aromatic heterocycles. The van der Waals surface area contributed by atoms with Gasteiger partial charge in [0, 0.05) is 31.2 Å². The monoisotopic (exact) mass is 440 g/mol. The van der Waals surface area contributed by atoms with Crippen LogP contribution in [-0.2, 0) is 11.3 Å². The Morgan fingerprint density at radius 3 is 2.52 bits per heavy atom. The smallest absolute Gasteiger partial charge is 0.230 e. The second-order valence-electron chi connectivity index (χ2n) is 7.58. The maximum Gasteiger partial charge on any atom is 0.230 e. The first-order valence-corrected chi connectivity index (χ1v) is 11.2. The molecule has 1 saturated heterocycles. The molecule has 2 aromatic carbocycles. The summed E-state index contributed by atoms with van der Waals surface area (Å²) in [6.07, 6.45) is 1.87. The number of amides is 1. The lowest BCUT2D eigenvalue weighted by Gasteiger charge is -2.32. The first-order chi connectivity index (χ1) is 15.1. The summed E-state index contributed by atoms with van der Waals surface area (Å²) in [6.45, 7) is 2.87. The van der Waals surface area contributed by atoms with E-state index < -0.39 is 0 Å². The third-order valence-electron chi connectivity index (χ3n) is 5.30. The summed E-state index contributed by atoms with van der Waals surface area (Å²) in [5.74, 6) is 6.33. The van der Waals surface area contributed by atoms with E-state index >= 15 is 0 Å². The first kappa shape index (κ1) is 21.3. The van der Waals surface area contributed by atoms with Crippen LogP contribution in [0, 0.1) is 5.82 Å². The van der Waals surface area contributed by atoms with Crippen LogP contribution in [0.2, 0.25) is 0 Å². The molecule has 7 nitrogen and oxygen atoms in total. The molecule has 3 N–H and O–H groups in total. The van der Waals surface area contributed by atoms with Gasteiger partial charge in [0.25, 0.3) is 0 Å². The molecule has 1 fully saturated rings. The van der Waals surface area contributed by atoms with E-state index in [1.54, 1.807) is 12.1 Å². The van der Waals surface area contributed by atoms with E-state index in [-0.39, 0.29) is 23.5 Å². The molecule has 31 heavy (non-hydrogen) atoms. The number of thioether (sulfide) groups is 1. The molecule has 0 saturated carbocycles. The van der Waals surface area contributed by atoms with Crippen LogP contribution in [0.25, 0.3) is 11.4 Å². The Morgan fingerprint density at radius 1 is 1.10 bits per heavy atom. The van der Waals surface area contributed by atoms with Gasteiger partial charge in [-0.25, -0.2) is 9.07 Å². The van der Waals surface area contributed by atoms with Crippen molar-refractivity contribution in [3.05, 3.63) is 66.0 Å². The highest BCUT2D eigenvalue weighted by Crippen LogP contribution is 2.22. The molecule has 0 bridgehead atoms. The van der Waals surface area contributed by atoms with E-state index in [4.69, 9.17) is 5.84 Å². The van der Waals surface area contributed by atoms with Crippen molar-refractivity contribution in [2.75, 3.05) is 24.7 Å². The van der Waals surface area contributed by atoms with Gasteiger partial charge in [-0.3, -0.25) is 9.69 Å². The second kappa shape index (κ2) is 9.93. The van der Waals surface area contributed by atoms with Crippen LogP contribution in [0.3, 0.4) is 0 Å². The lowest BCUT2D eigenvalue weighted by atomic mass is 10.0. The summed E-state index contributed by atoms with van der Waals surface area (Å²) >= 11 is 1.23. The Bertz CT molecular complexity index is 1000. The molecule has 9 heteroatoms. The number of piperidine rings is 1. The van der Waals surface area contributed by atoms with Crippen molar-refractivity contribution in [1.29, 1.82) is 0 Å². The van der Waals surface area contributed by atoms with Crippen molar-refractivity contribution < 1.29 is 9.18 Å². The van der Waals surface area contributed by atoms with Crippen LogP contribution in [0.5, 0.6) is 0 Å². The minimum atomic E-state index is -0.330. The predicted molar refractivity (Wildman–Crippen MR) is 119 cm³/mol. The fourth-order valence-electron chi connectivity index (χ4n) is 3.65. The van der Waals surface area contributed by atoms with Gasteiger partial charge in [-0.15, -0.1) is 10.2 Å². The Kier molecular flexibility index (Phi) is 6.83. The topological polar surface area (TPSA) is 89.1 Å². The standard InChI is InChI=1S/C22H25FN6OS/c23-18-8-6-17(7-9-18)21-26-27-22(29(21)24)31-15-20(30)25-19-10-12-28(13-11-19)14-16-4-2-1-3-5-16/h1-9,19H,10-15,24H2,(H,25,30). The van der Waals surface area contributed by atoms with Crippen LogP contribution in [0.15, 0.2) is 59.8 Å². The minimum Gasteiger partial charge on any atom is -0.353 e. The van der Waals surface area contributed by atoms with Gasteiger partial charge >= 0.3 is 0 Å². The fraction of sp³-hybridized carbons (Fsp3) is 0.318. The number of carbonyl (C=O) groups is 1. The van der Waals surface area contributed by atoms with Crippen molar-refractivity contribution in [3.8, 4) is 11.4 Å². The minimum absolute atomic E-state index is 0.0437. The number of carbonyl (C=O) groups excluding carboxylic acids is 1. The van der Waals surface area contributed by atoms with Crippen LogP contribution >= 0.6 is 11.8 Å². The number of hydrogen-bond acceptors (Lipinski definition) is 6. The highest BCUT2D eigenvalue weighted by molar-refractivity contribution is 7.99. The van der Waals surface area contributed by atoms with Gasteiger partial charge in [-0.1, -0.05) is 42.1 Å². The summed E-state index contributed by atoms with van der Waals surface area (Å²) in [6, 6.07) is 16.5. The Morgan fingerprint density at radius 2 is 1.81 bits per heavy atom. The van der Waals surface area contributed by atoms with E-state index in [2.05, 4.69) is 44.7 Å². The number of nitrogens with one attached hydrogen (secondary N) is 1. The van der Waals surface area contributed by atoms with E-state index in [0.29, 0.717) is 16.5 Å². The van der Waals surface area contributed by atoms with Gasteiger partial charge in [0.1, 0.15) is 5.82 Å². The molecular weight excluding hydrogens is 415 g/mol. The Hall–Kier alpha value is -2.91. The van der Waals surface area contributed by atoms with Gasteiger partial charge in [0.05, 0.1) is 5.75 Å². The van der Waals surface area contributed by atoms with E-state index in [0.717, 1.165) is 32.5 Å². The van der Waals surface area contributed by atoms with Crippen LogP contribution < -0.4 is 11.2 Å². The maximum absolute atomic E-state index is 13.1. The fourth-order valence-corrected chi connectivity index (χ4v) is 4.32. The zero-order valence-electron chi connectivity index (χ0n) is 17.1. The SMILES string of the molecule is Nn1c(SCC(=O)NC2CCN(Cc3ccccc3)CC2)nnc1-c1ccc(F)cc1. The van der Waals surface area contributed by atoms with Crippen molar-refractivity contribution >= 4 is 17.7 Å². The summed E-state index contributed by atoms with van der Waals surface area (Å²) in [5.41, 5.74) is 1.97. The summed E-state index contributed by atoms with van der Waals surface area (Å²) in [5, 5.41) is 11.7. The number of nitrogens with two attached hydrogens (primary N) is 1. The molecule has 1 amide bonds. The number of hydrogen-bond donors (Lipinski definition) is 2. The second-order valence-corrected chi connectivity index (χ2v) is 8.52. The quantitative estimate of drug-likeness (QED) is 0.434. The number of aromatic nitrogens is 3. The third kappa shape index (κ3) is 5.62. The van der Waals surface area contributed by atoms with Crippen molar-refractivity contribution in [3.63, 3.8) is 0 Å². The Labute approximate surface area is 184 Å². The van der Waals surface area contributed by atoms with Gasteiger partial charge in [-0.2, -0.15) is 0 Å². The van der Waals surface area contributed by atoms with Crippen LogP contribution in [-0.4, -0.2) is 50.6 Å². The number of rotatable bonds is 7.